The molecule has 4 aromatic carbocycles. The van der Waals surface area contributed by atoms with Crippen molar-refractivity contribution in [3.8, 4) is 11.5 Å². The third-order valence-electron chi connectivity index (χ3n) is 8.42. The number of nitrogens with one attached hydrogen (secondary N) is 2. The van der Waals surface area contributed by atoms with Crippen molar-refractivity contribution in [3.05, 3.63) is 90.5 Å². The molecular formula is C35H40N4O7S. The van der Waals surface area contributed by atoms with Gasteiger partial charge in [0.15, 0.2) is 0 Å². The Morgan fingerprint density at radius 2 is 1.79 bits per heavy atom. The van der Waals surface area contributed by atoms with Crippen molar-refractivity contribution < 1.29 is 32.6 Å². The lowest BCUT2D eigenvalue weighted by atomic mass is 10.0. The number of anilines is 2. The normalized spacial score (nSPS) is 17.6. The van der Waals surface area contributed by atoms with Gasteiger partial charge in [0.1, 0.15) is 17.6 Å². The van der Waals surface area contributed by atoms with Gasteiger partial charge in [0, 0.05) is 36.1 Å². The van der Waals surface area contributed by atoms with Crippen molar-refractivity contribution in [1.82, 2.24) is 9.21 Å². The summed E-state index contributed by atoms with van der Waals surface area (Å²) in [6.45, 7) is 3.65. The minimum atomic E-state index is -3.88. The molecule has 0 saturated heterocycles. The number of urea groups is 1. The van der Waals surface area contributed by atoms with E-state index in [0.717, 1.165) is 10.8 Å². The van der Waals surface area contributed by atoms with E-state index in [2.05, 4.69) is 10.6 Å². The summed E-state index contributed by atoms with van der Waals surface area (Å²) >= 11 is 0. The van der Waals surface area contributed by atoms with Crippen molar-refractivity contribution in [2.45, 2.75) is 37.3 Å². The number of carbonyl (C=O) groups excluding carboxylic acids is 2. The molecule has 0 saturated carbocycles. The highest BCUT2D eigenvalue weighted by Crippen LogP contribution is 2.30. The number of amides is 3. The molecule has 3 N–H and O–H groups in total. The molecule has 248 valence electrons. The molecule has 1 heterocycles. The maximum Gasteiger partial charge on any atom is 0.323 e. The van der Waals surface area contributed by atoms with Crippen LogP contribution in [0.5, 0.6) is 11.5 Å². The maximum absolute atomic E-state index is 13.6. The molecule has 5 rings (SSSR count). The first-order valence-corrected chi connectivity index (χ1v) is 16.8. The van der Waals surface area contributed by atoms with Crippen LogP contribution in [-0.2, 0) is 21.2 Å². The lowest BCUT2D eigenvalue weighted by Gasteiger charge is -2.33. The van der Waals surface area contributed by atoms with E-state index in [1.165, 1.54) is 30.6 Å². The minimum absolute atomic E-state index is 0.00204. The zero-order valence-corrected chi connectivity index (χ0v) is 27.7. The number of nitrogens with zero attached hydrogens (tertiary/aromatic N) is 2. The third kappa shape index (κ3) is 7.67. The number of methoxy groups -OCH3 is 1. The Morgan fingerprint density at radius 3 is 2.51 bits per heavy atom. The largest absolute Gasteiger partial charge is 0.497 e. The number of rotatable bonds is 9. The van der Waals surface area contributed by atoms with Crippen LogP contribution < -0.4 is 20.1 Å². The van der Waals surface area contributed by atoms with Gasteiger partial charge in [-0.3, -0.25) is 4.79 Å². The smallest absolute Gasteiger partial charge is 0.323 e. The van der Waals surface area contributed by atoms with Crippen LogP contribution in [0.25, 0.3) is 10.8 Å². The Balaban J connectivity index is 1.40. The first-order chi connectivity index (χ1) is 22.5. The van der Waals surface area contributed by atoms with Gasteiger partial charge in [-0.15, -0.1) is 0 Å². The van der Waals surface area contributed by atoms with Crippen molar-refractivity contribution in [2.75, 3.05) is 44.5 Å². The van der Waals surface area contributed by atoms with Crippen LogP contribution in [0.4, 0.5) is 16.2 Å². The number of likely N-dealkylation sites (N-methyl/N-ethyl adjacent to an activating group) is 1. The molecule has 0 aromatic heterocycles. The Hall–Kier alpha value is -4.65. The summed E-state index contributed by atoms with van der Waals surface area (Å²) in [6, 6.07) is 23.7. The van der Waals surface area contributed by atoms with E-state index in [1.807, 2.05) is 49.4 Å². The number of aliphatic hydroxyl groups excluding tert-OH is 1. The van der Waals surface area contributed by atoms with Gasteiger partial charge in [0.25, 0.3) is 0 Å². The fourth-order valence-electron chi connectivity index (χ4n) is 5.62. The second-order valence-electron chi connectivity index (χ2n) is 11.8. The molecular weight excluding hydrogens is 620 g/mol. The maximum atomic E-state index is 13.6. The lowest BCUT2D eigenvalue weighted by Crippen LogP contribution is -2.48. The highest BCUT2D eigenvalue weighted by molar-refractivity contribution is 7.89. The average molecular weight is 661 g/mol. The van der Waals surface area contributed by atoms with E-state index < -0.39 is 28.2 Å². The Labute approximate surface area is 275 Å². The van der Waals surface area contributed by atoms with Gasteiger partial charge in [-0.05, 0) is 60.8 Å². The topological polar surface area (TPSA) is 138 Å². The molecule has 1 aliphatic rings. The van der Waals surface area contributed by atoms with E-state index >= 15 is 0 Å². The molecule has 11 nitrogen and oxygen atoms in total. The zero-order valence-electron chi connectivity index (χ0n) is 26.8. The zero-order chi connectivity index (χ0) is 33.7. The summed E-state index contributed by atoms with van der Waals surface area (Å²) in [6.07, 6.45) is -0.695. The molecule has 0 bridgehead atoms. The standard InChI is InChI=1S/C35H40N4O7S/c1-23-20-39(24(2)22-40)34(41)19-26-18-27(36-35(42)37-31-11-7-9-25-8-5-6-10-30(25)31)12-17-32(26)46-33(23)21-38(3)47(43,44)29-15-13-28(45-4)14-16-29/h5-18,23-24,33,40H,19-22H2,1-4H3,(H2,36,37,42)/t23-,24-,33+/m0/s1. The summed E-state index contributed by atoms with van der Waals surface area (Å²) in [5.74, 6) is 0.417. The van der Waals surface area contributed by atoms with Crippen LogP contribution in [0.1, 0.15) is 19.4 Å². The molecule has 0 unspecified atom stereocenters. The predicted octanol–water partition coefficient (Wildman–Crippen LogP) is 4.96. The summed E-state index contributed by atoms with van der Waals surface area (Å²) in [7, 11) is -0.877. The van der Waals surface area contributed by atoms with Crippen LogP contribution in [0.2, 0.25) is 0 Å². The van der Waals surface area contributed by atoms with Gasteiger partial charge >= 0.3 is 6.03 Å². The second-order valence-corrected chi connectivity index (χ2v) is 13.8. The molecule has 0 radical (unpaired) electrons. The van der Waals surface area contributed by atoms with Crippen LogP contribution >= 0.6 is 0 Å². The fourth-order valence-corrected chi connectivity index (χ4v) is 6.81. The van der Waals surface area contributed by atoms with Crippen molar-refractivity contribution in [2.24, 2.45) is 5.92 Å². The summed E-state index contributed by atoms with van der Waals surface area (Å²) < 4.78 is 39.9. The van der Waals surface area contributed by atoms with E-state index in [1.54, 1.807) is 42.2 Å². The summed E-state index contributed by atoms with van der Waals surface area (Å²) in [5.41, 5.74) is 1.62. The number of benzene rings is 4. The molecule has 4 aromatic rings. The molecule has 1 aliphatic heterocycles. The monoisotopic (exact) mass is 660 g/mol. The van der Waals surface area contributed by atoms with Crippen LogP contribution in [-0.4, -0.2) is 80.7 Å². The Morgan fingerprint density at radius 1 is 1.06 bits per heavy atom. The van der Waals surface area contributed by atoms with Crippen molar-refractivity contribution in [3.63, 3.8) is 0 Å². The molecule has 0 aliphatic carbocycles. The molecule has 12 heteroatoms. The number of hydrogen-bond donors (Lipinski definition) is 3. The fraction of sp³-hybridized carbons (Fsp3) is 0.314. The second kappa shape index (κ2) is 14.4. The quantitative estimate of drug-likeness (QED) is 0.231. The van der Waals surface area contributed by atoms with E-state index in [-0.39, 0.29) is 42.8 Å². The van der Waals surface area contributed by atoms with Crippen molar-refractivity contribution in [1.29, 1.82) is 0 Å². The number of aliphatic hydroxyl groups is 1. The van der Waals surface area contributed by atoms with E-state index in [4.69, 9.17) is 9.47 Å². The number of fused-ring (bicyclic) bond motifs is 2. The van der Waals surface area contributed by atoms with Gasteiger partial charge in [-0.1, -0.05) is 43.3 Å². The van der Waals surface area contributed by atoms with Crippen LogP contribution in [0, 0.1) is 5.92 Å². The summed E-state index contributed by atoms with van der Waals surface area (Å²) in [4.78, 5) is 28.4. The molecule has 3 amide bonds. The number of carbonyl (C=O) groups is 2. The van der Waals surface area contributed by atoms with E-state index in [9.17, 15) is 23.1 Å². The highest BCUT2D eigenvalue weighted by Gasteiger charge is 2.33. The number of hydrogen-bond acceptors (Lipinski definition) is 7. The summed E-state index contributed by atoms with van der Waals surface area (Å²) in [5, 5.41) is 17.6. The van der Waals surface area contributed by atoms with Gasteiger partial charge < -0.3 is 30.1 Å². The average Bonchev–Trinajstić information content (AvgIpc) is 3.11. The van der Waals surface area contributed by atoms with Crippen molar-refractivity contribution >= 4 is 44.1 Å². The van der Waals surface area contributed by atoms with Gasteiger partial charge in [-0.25, -0.2) is 13.2 Å². The molecule has 0 fully saturated rings. The minimum Gasteiger partial charge on any atom is -0.497 e. The van der Waals surface area contributed by atoms with Crippen LogP contribution in [0.3, 0.4) is 0 Å². The SMILES string of the molecule is COc1ccc(S(=O)(=O)N(C)C[C@H]2Oc3ccc(NC(=O)Nc4cccc5ccccc45)cc3CC(=O)N([C@@H](C)CO)C[C@@H]2C)cc1. The van der Waals surface area contributed by atoms with E-state index in [0.29, 0.717) is 28.4 Å². The Bertz CT molecular complexity index is 1840. The molecule has 0 spiro atoms. The Kier molecular flexibility index (Phi) is 10.3. The van der Waals surface area contributed by atoms with Crippen LogP contribution in [0.15, 0.2) is 89.8 Å². The number of sulfonamides is 1. The van der Waals surface area contributed by atoms with Gasteiger partial charge in [0.2, 0.25) is 15.9 Å². The highest BCUT2D eigenvalue weighted by atomic mass is 32.2. The molecule has 47 heavy (non-hydrogen) atoms. The third-order valence-corrected chi connectivity index (χ3v) is 10.3. The first-order valence-electron chi connectivity index (χ1n) is 15.4. The first kappa shape index (κ1) is 33.7. The molecule has 3 atom stereocenters. The van der Waals surface area contributed by atoms with Gasteiger partial charge in [-0.2, -0.15) is 4.31 Å². The number of ether oxygens (including phenoxy) is 2. The predicted molar refractivity (Wildman–Crippen MR) is 181 cm³/mol. The van der Waals surface area contributed by atoms with Gasteiger partial charge in [0.05, 0.1) is 43.3 Å². The lowest BCUT2D eigenvalue weighted by molar-refractivity contribution is -0.134.